The monoisotopic (exact) mass is 512 g/mol. The first-order valence-electron chi connectivity index (χ1n) is 13.3. The number of phosphoric acid groups is 1. The van der Waals surface area contributed by atoms with Crippen molar-refractivity contribution in [2.45, 2.75) is 96.8 Å². The van der Waals surface area contributed by atoms with Crippen molar-refractivity contribution in [2.75, 3.05) is 65.6 Å². The fourth-order valence-electron chi connectivity index (χ4n) is 3.29. The van der Waals surface area contributed by atoms with E-state index in [9.17, 15) is 9.46 Å². The second-order valence-corrected chi connectivity index (χ2v) is 12.6. The van der Waals surface area contributed by atoms with Crippen LogP contribution in [0.2, 0.25) is 0 Å². The molecule has 0 aromatic heterocycles. The Balaban J connectivity index is 3.23. The molecule has 0 aromatic carbocycles. The van der Waals surface area contributed by atoms with Gasteiger partial charge in [0, 0.05) is 13.2 Å². The van der Waals surface area contributed by atoms with Crippen LogP contribution in [0.3, 0.4) is 0 Å². The Kier molecular flexibility index (Phi) is 23.1. The Morgan fingerprint density at radius 1 is 0.667 bits per heavy atom. The predicted octanol–water partition coefficient (Wildman–Crippen LogP) is 7.06. The first kappa shape index (κ1) is 33.4. The molecule has 0 bridgehead atoms. The number of phosphoric ester groups is 1. The van der Waals surface area contributed by atoms with Crippen molar-refractivity contribution in [1.29, 1.82) is 0 Å². The standard InChI is InChI=1S/C25H54NO5PS/c1-5-6-7-15-20-29-21-16-13-11-9-8-10-12-14-17-24-33-25-18-22-30-32(27,28)31-23-19-26(2,3)4/h5-25H2,1-4H3/p+1. The largest absolute Gasteiger partial charge is 0.472 e. The van der Waals surface area contributed by atoms with Crippen LogP contribution in [0.15, 0.2) is 0 Å². The quantitative estimate of drug-likeness (QED) is 0.0760. The number of hydrogen-bond donors (Lipinski definition) is 1. The van der Waals surface area contributed by atoms with Crippen LogP contribution in [-0.2, 0) is 18.3 Å². The second kappa shape index (κ2) is 22.8. The molecule has 1 unspecified atom stereocenters. The van der Waals surface area contributed by atoms with Crippen LogP contribution in [-0.4, -0.2) is 75.0 Å². The topological polar surface area (TPSA) is 65.0 Å². The highest BCUT2D eigenvalue weighted by atomic mass is 32.2. The van der Waals surface area contributed by atoms with Crippen molar-refractivity contribution in [3.8, 4) is 0 Å². The van der Waals surface area contributed by atoms with E-state index in [2.05, 4.69) is 6.92 Å². The van der Waals surface area contributed by atoms with Gasteiger partial charge in [0.15, 0.2) is 0 Å². The van der Waals surface area contributed by atoms with Crippen molar-refractivity contribution in [1.82, 2.24) is 0 Å². The molecule has 0 aliphatic heterocycles. The van der Waals surface area contributed by atoms with Gasteiger partial charge in [-0.2, -0.15) is 11.8 Å². The molecule has 6 nitrogen and oxygen atoms in total. The number of hydrogen-bond acceptors (Lipinski definition) is 5. The van der Waals surface area contributed by atoms with Gasteiger partial charge in [-0.15, -0.1) is 0 Å². The summed E-state index contributed by atoms with van der Waals surface area (Å²) < 4.78 is 28.2. The minimum Gasteiger partial charge on any atom is -0.381 e. The summed E-state index contributed by atoms with van der Waals surface area (Å²) in [6.45, 7) is 5.30. The van der Waals surface area contributed by atoms with E-state index < -0.39 is 7.82 Å². The zero-order chi connectivity index (χ0) is 24.7. The predicted molar refractivity (Wildman–Crippen MR) is 143 cm³/mol. The highest BCUT2D eigenvalue weighted by Gasteiger charge is 2.21. The number of thioether (sulfide) groups is 1. The molecule has 8 heteroatoms. The Labute approximate surface area is 209 Å². The van der Waals surface area contributed by atoms with E-state index in [4.69, 9.17) is 13.8 Å². The van der Waals surface area contributed by atoms with Crippen LogP contribution in [0.4, 0.5) is 0 Å². The van der Waals surface area contributed by atoms with Gasteiger partial charge in [-0.25, -0.2) is 4.57 Å². The van der Waals surface area contributed by atoms with Gasteiger partial charge in [-0.3, -0.25) is 9.05 Å². The Hall–Kier alpha value is 0.380. The summed E-state index contributed by atoms with van der Waals surface area (Å²) in [6.07, 6.45) is 17.8. The number of ether oxygens (including phenoxy) is 1. The molecule has 200 valence electrons. The van der Waals surface area contributed by atoms with Crippen LogP contribution in [0.1, 0.15) is 96.8 Å². The number of rotatable bonds is 26. The molecule has 1 N–H and O–H groups in total. The summed E-state index contributed by atoms with van der Waals surface area (Å²) >= 11 is 1.91. The molecule has 33 heavy (non-hydrogen) atoms. The third-order valence-electron chi connectivity index (χ3n) is 5.42. The zero-order valence-corrected chi connectivity index (χ0v) is 23.9. The first-order valence-corrected chi connectivity index (χ1v) is 16.0. The zero-order valence-electron chi connectivity index (χ0n) is 22.2. The summed E-state index contributed by atoms with van der Waals surface area (Å²) in [5, 5.41) is 0. The van der Waals surface area contributed by atoms with E-state index in [0.717, 1.165) is 31.1 Å². The van der Waals surface area contributed by atoms with Gasteiger partial charge in [0.05, 0.1) is 27.7 Å². The molecule has 1 atom stereocenters. The molecule has 0 fully saturated rings. The summed E-state index contributed by atoms with van der Waals surface area (Å²) in [4.78, 5) is 9.66. The van der Waals surface area contributed by atoms with Crippen molar-refractivity contribution < 1.29 is 27.7 Å². The van der Waals surface area contributed by atoms with Crippen LogP contribution < -0.4 is 0 Å². The van der Waals surface area contributed by atoms with Gasteiger partial charge in [0.25, 0.3) is 0 Å². The molecular weight excluding hydrogens is 457 g/mol. The van der Waals surface area contributed by atoms with E-state index >= 15 is 0 Å². The molecular formula is C25H55NO5PS+. The Bertz CT molecular complexity index is 463. The summed E-state index contributed by atoms with van der Waals surface area (Å²) in [5.74, 6) is 2.12. The van der Waals surface area contributed by atoms with Crippen molar-refractivity contribution >= 4 is 19.6 Å². The lowest BCUT2D eigenvalue weighted by Crippen LogP contribution is -2.37. The van der Waals surface area contributed by atoms with Crippen molar-refractivity contribution in [3.63, 3.8) is 0 Å². The van der Waals surface area contributed by atoms with Gasteiger partial charge in [-0.1, -0.05) is 71.1 Å². The van der Waals surface area contributed by atoms with E-state index in [1.54, 1.807) is 0 Å². The van der Waals surface area contributed by atoms with E-state index in [-0.39, 0.29) is 13.2 Å². The van der Waals surface area contributed by atoms with E-state index in [1.807, 2.05) is 32.9 Å². The smallest absolute Gasteiger partial charge is 0.381 e. The Morgan fingerprint density at radius 3 is 1.73 bits per heavy atom. The van der Waals surface area contributed by atoms with Crippen molar-refractivity contribution in [2.24, 2.45) is 0 Å². The lowest BCUT2D eigenvalue weighted by Gasteiger charge is -2.24. The molecule has 0 spiro atoms. The molecule has 0 radical (unpaired) electrons. The summed E-state index contributed by atoms with van der Waals surface area (Å²) in [6, 6.07) is 0. The molecule has 0 saturated heterocycles. The minimum atomic E-state index is -3.90. The molecule has 0 heterocycles. The van der Waals surface area contributed by atoms with E-state index in [0.29, 0.717) is 11.0 Å². The summed E-state index contributed by atoms with van der Waals surface area (Å²) in [5.41, 5.74) is 0. The second-order valence-electron chi connectivity index (χ2n) is 9.97. The maximum atomic E-state index is 11.8. The van der Waals surface area contributed by atoms with Crippen LogP contribution in [0.25, 0.3) is 0 Å². The maximum Gasteiger partial charge on any atom is 0.472 e. The molecule has 0 aromatic rings. The van der Waals surface area contributed by atoms with Crippen LogP contribution in [0.5, 0.6) is 0 Å². The molecule has 0 saturated carbocycles. The highest BCUT2D eigenvalue weighted by Crippen LogP contribution is 2.43. The minimum absolute atomic E-state index is 0.222. The number of quaternary nitrogens is 1. The first-order chi connectivity index (χ1) is 15.8. The van der Waals surface area contributed by atoms with Crippen LogP contribution >= 0.6 is 19.6 Å². The fourth-order valence-corrected chi connectivity index (χ4v) is 4.97. The fraction of sp³-hybridized carbons (Fsp3) is 1.00. The number of nitrogens with zero attached hydrogens (tertiary/aromatic N) is 1. The van der Waals surface area contributed by atoms with Crippen LogP contribution in [0, 0.1) is 0 Å². The molecule has 0 aliphatic rings. The Morgan fingerprint density at radius 2 is 1.15 bits per heavy atom. The van der Waals surface area contributed by atoms with Gasteiger partial charge < -0.3 is 14.1 Å². The number of unbranched alkanes of at least 4 members (excludes halogenated alkanes) is 11. The average Bonchev–Trinajstić information content (AvgIpc) is 2.73. The SMILES string of the molecule is CCCCCCOCCCCCCCCCCCSCCCOP(=O)(O)OCC[N+](C)(C)C. The molecule has 0 aliphatic carbocycles. The third kappa shape index (κ3) is 28.5. The van der Waals surface area contributed by atoms with Gasteiger partial charge in [0.1, 0.15) is 13.2 Å². The summed E-state index contributed by atoms with van der Waals surface area (Å²) in [7, 11) is 2.14. The third-order valence-corrected chi connectivity index (χ3v) is 7.60. The highest BCUT2D eigenvalue weighted by molar-refractivity contribution is 7.99. The van der Waals surface area contributed by atoms with Gasteiger partial charge in [-0.05, 0) is 37.2 Å². The lowest BCUT2D eigenvalue weighted by atomic mass is 10.1. The normalized spacial score (nSPS) is 14.0. The maximum absolute atomic E-state index is 11.8. The molecule has 0 rings (SSSR count). The average molecular weight is 513 g/mol. The van der Waals surface area contributed by atoms with Gasteiger partial charge in [0.2, 0.25) is 0 Å². The number of likely N-dealkylation sites (N-methyl/N-ethyl adjacent to an activating group) is 1. The van der Waals surface area contributed by atoms with Crippen molar-refractivity contribution in [3.05, 3.63) is 0 Å². The lowest BCUT2D eigenvalue weighted by molar-refractivity contribution is -0.870. The van der Waals surface area contributed by atoms with E-state index in [1.165, 1.54) is 83.5 Å². The van der Waals surface area contributed by atoms with Gasteiger partial charge >= 0.3 is 7.82 Å². The molecule has 0 amide bonds.